The SMILES string of the molecule is COc1cc(OC)cc(C(=O)NCC(c2cccs2)n2nc(C)cc2C)c1. The van der Waals surface area contributed by atoms with Gasteiger partial charge in [-0.1, -0.05) is 6.07 Å². The number of nitrogens with one attached hydrogen (secondary N) is 1. The quantitative estimate of drug-likeness (QED) is 0.675. The van der Waals surface area contributed by atoms with Crippen molar-refractivity contribution in [2.75, 3.05) is 20.8 Å². The van der Waals surface area contributed by atoms with E-state index in [1.807, 2.05) is 36.0 Å². The molecular weight excluding hydrogens is 362 g/mol. The number of ether oxygens (including phenoxy) is 2. The molecule has 1 atom stereocenters. The van der Waals surface area contributed by atoms with Crippen molar-refractivity contribution in [2.24, 2.45) is 0 Å². The predicted molar refractivity (Wildman–Crippen MR) is 106 cm³/mol. The Hall–Kier alpha value is -2.80. The fourth-order valence-corrected chi connectivity index (χ4v) is 3.79. The maximum absolute atomic E-state index is 12.7. The number of rotatable bonds is 7. The van der Waals surface area contributed by atoms with Crippen LogP contribution < -0.4 is 14.8 Å². The molecule has 3 rings (SSSR count). The van der Waals surface area contributed by atoms with E-state index < -0.39 is 0 Å². The zero-order chi connectivity index (χ0) is 19.4. The van der Waals surface area contributed by atoms with Gasteiger partial charge < -0.3 is 14.8 Å². The summed E-state index contributed by atoms with van der Waals surface area (Å²) in [7, 11) is 3.12. The topological polar surface area (TPSA) is 65.4 Å². The van der Waals surface area contributed by atoms with Crippen LogP contribution in [0.4, 0.5) is 0 Å². The minimum atomic E-state index is -0.185. The van der Waals surface area contributed by atoms with Crippen molar-refractivity contribution in [1.29, 1.82) is 0 Å². The van der Waals surface area contributed by atoms with E-state index in [0.717, 1.165) is 16.3 Å². The molecule has 1 aromatic carbocycles. The second kappa shape index (κ2) is 8.26. The number of aromatic nitrogens is 2. The number of carbonyl (C=O) groups is 1. The van der Waals surface area contributed by atoms with E-state index in [4.69, 9.17) is 9.47 Å². The number of methoxy groups -OCH3 is 2. The number of carbonyl (C=O) groups excluding carboxylic acids is 1. The second-order valence-electron chi connectivity index (χ2n) is 6.21. The number of hydrogen-bond donors (Lipinski definition) is 1. The zero-order valence-corrected chi connectivity index (χ0v) is 16.7. The van der Waals surface area contributed by atoms with Crippen molar-refractivity contribution in [3.8, 4) is 11.5 Å². The van der Waals surface area contributed by atoms with Gasteiger partial charge >= 0.3 is 0 Å². The molecule has 6 nitrogen and oxygen atoms in total. The van der Waals surface area contributed by atoms with E-state index >= 15 is 0 Å². The molecule has 0 aliphatic rings. The summed E-state index contributed by atoms with van der Waals surface area (Å²) in [6.07, 6.45) is 0. The largest absolute Gasteiger partial charge is 0.497 e. The smallest absolute Gasteiger partial charge is 0.251 e. The molecular formula is C20H23N3O3S. The molecule has 0 saturated carbocycles. The number of nitrogens with zero attached hydrogens (tertiary/aromatic N) is 2. The number of hydrogen-bond acceptors (Lipinski definition) is 5. The van der Waals surface area contributed by atoms with Crippen molar-refractivity contribution in [1.82, 2.24) is 15.1 Å². The lowest BCUT2D eigenvalue weighted by atomic mass is 10.1. The Kier molecular flexibility index (Phi) is 5.81. The van der Waals surface area contributed by atoms with Gasteiger partial charge in [-0.2, -0.15) is 5.10 Å². The number of aryl methyl sites for hydroxylation is 2. The molecule has 142 valence electrons. The van der Waals surface area contributed by atoms with Gasteiger partial charge in [0, 0.05) is 28.7 Å². The molecule has 2 aromatic heterocycles. The summed E-state index contributed by atoms with van der Waals surface area (Å²) in [5.41, 5.74) is 2.51. The highest BCUT2D eigenvalue weighted by Crippen LogP contribution is 2.25. The van der Waals surface area contributed by atoms with E-state index in [9.17, 15) is 4.79 Å². The number of benzene rings is 1. The summed E-state index contributed by atoms with van der Waals surface area (Å²) < 4.78 is 12.5. The monoisotopic (exact) mass is 385 g/mol. The maximum Gasteiger partial charge on any atom is 0.251 e. The van der Waals surface area contributed by atoms with Crippen LogP contribution in [0.15, 0.2) is 41.8 Å². The summed E-state index contributed by atoms with van der Waals surface area (Å²) in [6.45, 7) is 4.42. The highest BCUT2D eigenvalue weighted by molar-refractivity contribution is 7.10. The van der Waals surface area contributed by atoms with E-state index in [1.54, 1.807) is 43.8 Å². The molecule has 2 heterocycles. The minimum absolute atomic E-state index is 0.0600. The van der Waals surface area contributed by atoms with Gasteiger partial charge in [0.2, 0.25) is 0 Å². The Balaban J connectivity index is 1.82. The van der Waals surface area contributed by atoms with Crippen molar-refractivity contribution in [3.05, 3.63) is 63.6 Å². The minimum Gasteiger partial charge on any atom is -0.497 e. The lowest BCUT2D eigenvalue weighted by Crippen LogP contribution is -2.31. The van der Waals surface area contributed by atoms with Gasteiger partial charge in [0.15, 0.2) is 0 Å². The first kappa shape index (κ1) is 19.0. The van der Waals surface area contributed by atoms with Crippen LogP contribution in [0.3, 0.4) is 0 Å². The van der Waals surface area contributed by atoms with Gasteiger partial charge in [-0.25, -0.2) is 0 Å². The predicted octanol–water partition coefficient (Wildman–Crippen LogP) is 3.60. The third-order valence-corrected chi connectivity index (χ3v) is 5.25. The highest BCUT2D eigenvalue weighted by Gasteiger charge is 2.20. The van der Waals surface area contributed by atoms with Gasteiger partial charge in [0.25, 0.3) is 5.91 Å². The van der Waals surface area contributed by atoms with Crippen LogP contribution in [0, 0.1) is 13.8 Å². The summed E-state index contributed by atoms with van der Waals surface area (Å²) >= 11 is 1.65. The fraction of sp³-hybridized carbons (Fsp3) is 0.300. The Morgan fingerprint density at radius 3 is 2.41 bits per heavy atom. The molecule has 1 amide bonds. The van der Waals surface area contributed by atoms with E-state index in [-0.39, 0.29) is 11.9 Å². The summed E-state index contributed by atoms with van der Waals surface area (Å²) in [4.78, 5) is 13.9. The van der Waals surface area contributed by atoms with Gasteiger partial charge in [0.05, 0.1) is 19.9 Å². The van der Waals surface area contributed by atoms with Gasteiger partial charge in [-0.3, -0.25) is 9.48 Å². The van der Waals surface area contributed by atoms with Crippen molar-refractivity contribution < 1.29 is 14.3 Å². The molecule has 0 radical (unpaired) electrons. The molecule has 3 aromatic rings. The maximum atomic E-state index is 12.7. The standard InChI is InChI=1S/C20H23N3O3S/c1-13-8-14(2)23(22-13)18(19-6-5-7-27-19)12-21-20(24)15-9-16(25-3)11-17(10-15)26-4/h5-11,18H,12H2,1-4H3,(H,21,24). The van der Waals surface area contributed by atoms with Gasteiger partial charge in [-0.05, 0) is 43.5 Å². The molecule has 1 N–H and O–H groups in total. The van der Waals surface area contributed by atoms with Crippen LogP contribution in [0.25, 0.3) is 0 Å². The molecule has 0 bridgehead atoms. The fourth-order valence-electron chi connectivity index (χ4n) is 2.98. The lowest BCUT2D eigenvalue weighted by Gasteiger charge is -2.19. The summed E-state index contributed by atoms with van der Waals surface area (Å²) in [5, 5.41) is 9.66. The third kappa shape index (κ3) is 4.31. The van der Waals surface area contributed by atoms with Crippen LogP contribution in [0.1, 0.15) is 32.7 Å². The number of thiophene rings is 1. The highest BCUT2D eigenvalue weighted by atomic mass is 32.1. The molecule has 1 unspecified atom stereocenters. The first-order valence-corrected chi connectivity index (χ1v) is 9.47. The molecule has 0 spiro atoms. The Morgan fingerprint density at radius 1 is 1.19 bits per heavy atom. The molecule has 0 aliphatic carbocycles. The van der Waals surface area contributed by atoms with E-state index in [2.05, 4.69) is 16.5 Å². The molecule has 0 aliphatic heterocycles. The van der Waals surface area contributed by atoms with Crippen molar-refractivity contribution in [2.45, 2.75) is 19.9 Å². The van der Waals surface area contributed by atoms with Crippen molar-refractivity contribution in [3.63, 3.8) is 0 Å². The third-order valence-electron chi connectivity index (χ3n) is 4.28. The normalized spacial score (nSPS) is 11.9. The van der Waals surface area contributed by atoms with Gasteiger partial charge in [-0.15, -0.1) is 11.3 Å². The Morgan fingerprint density at radius 2 is 1.89 bits per heavy atom. The van der Waals surface area contributed by atoms with Crippen LogP contribution in [-0.4, -0.2) is 36.5 Å². The Labute approximate surface area is 162 Å². The average Bonchev–Trinajstić information content (AvgIpc) is 3.31. The van der Waals surface area contributed by atoms with Crippen LogP contribution in [0.5, 0.6) is 11.5 Å². The van der Waals surface area contributed by atoms with Gasteiger partial charge in [0.1, 0.15) is 17.5 Å². The lowest BCUT2D eigenvalue weighted by molar-refractivity contribution is 0.0948. The molecule has 7 heteroatoms. The van der Waals surface area contributed by atoms with E-state index in [0.29, 0.717) is 23.6 Å². The zero-order valence-electron chi connectivity index (χ0n) is 15.9. The second-order valence-corrected chi connectivity index (χ2v) is 7.19. The number of amides is 1. The van der Waals surface area contributed by atoms with Crippen LogP contribution in [-0.2, 0) is 0 Å². The average molecular weight is 385 g/mol. The van der Waals surface area contributed by atoms with Crippen molar-refractivity contribution >= 4 is 17.2 Å². The first-order valence-electron chi connectivity index (χ1n) is 8.59. The Bertz CT molecular complexity index is 896. The summed E-state index contributed by atoms with van der Waals surface area (Å²) in [5.74, 6) is 0.969. The van der Waals surface area contributed by atoms with Crippen LogP contribution in [0.2, 0.25) is 0 Å². The molecule has 0 fully saturated rings. The molecule has 27 heavy (non-hydrogen) atoms. The molecule has 0 saturated heterocycles. The first-order chi connectivity index (χ1) is 13.0. The van der Waals surface area contributed by atoms with Crippen LogP contribution >= 0.6 is 11.3 Å². The van der Waals surface area contributed by atoms with E-state index in [1.165, 1.54) is 0 Å². The summed E-state index contributed by atoms with van der Waals surface area (Å²) in [6, 6.07) is 11.2.